The SMILES string of the molecule is COc1ccc([C@]2(S)O[C@@H](C)[C@@H](OC(C)=O)[C@@H](OC(C)=O)[C@@H]2OC(C)=O)cc1. The van der Waals surface area contributed by atoms with Crippen LogP contribution in [-0.4, -0.2) is 49.4 Å². The molecule has 0 spiro atoms. The molecule has 5 atom stereocenters. The first-order chi connectivity index (χ1) is 13.1. The van der Waals surface area contributed by atoms with E-state index in [1.165, 1.54) is 27.9 Å². The Kier molecular flexibility index (Phi) is 6.95. The zero-order valence-electron chi connectivity index (χ0n) is 16.3. The highest BCUT2D eigenvalue weighted by Crippen LogP contribution is 2.45. The second-order valence-electron chi connectivity index (χ2n) is 6.43. The fourth-order valence-electron chi connectivity index (χ4n) is 3.14. The van der Waals surface area contributed by atoms with E-state index in [0.29, 0.717) is 11.3 Å². The largest absolute Gasteiger partial charge is 0.497 e. The van der Waals surface area contributed by atoms with E-state index in [1.54, 1.807) is 31.2 Å². The molecular weight excluding hydrogens is 388 g/mol. The van der Waals surface area contributed by atoms with Gasteiger partial charge in [-0.2, -0.15) is 0 Å². The average Bonchev–Trinajstić information content (AvgIpc) is 2.61. The van der Waals surface area contributed by atoms with Gasteiger partial charge in [-0.15, -0.1) is 12.6 Å². The number of esters is 3. The van der Waals surface area contributed by atoms with Gasteiger partial charge in [0, 0.05) is 20.8 Å². The molecule has 28 heavy (non-hydrogen) atoms. The molecule has 0 saturated carbocycles. The molecule has 9 heteroatoms. The van der Waals surface area contributed by atoms with Crippen molar-refractivity contribution in [2.24, 2.45) is 0 Å². The van der Waals surface area contributed by atoms with Gasteiger partial charge in [-0.05, 0) is 24.6 Å². The van der Waals surface area contributed by atoms with Crippen molar-refractivity contribution in [3.63, 3.8) is 0 Å². The number of hydrogen-bond acceptors (Lipinski definition) is 9. The summed E-state index contributed by atoms with van der Waals surface area (Å²) in [6.07, 6.45) is -3.98. The van der Waals surface area contributed by atoms with E-state index in [1.807, 2.05) is 0 Å². The first kappa shape index (κ1) is 22.0. The molecule has 1 saturated heterocycles. The second kappa shape index (κ2) is 8.83. The van der Waals surface area contributed by atoms with Crippen molar-refractivity contribution in [2.45, 2.75) is 57.0 Å². The lowest BCUT2D eigenvalue weighted by Gasteiger charge is -2.48. The fraction of sp³-hybridized carbons (Fsp3) is 0.526. The third-order valence-corrected chi connectivity index (χ3v) is 4.85. The van der Waals surface area contributed by atoms with E-state index in [-0.39, 0.29) is 0 Å². The van der Waals surface area contributed by atoms with Crippen LogP contribution in [0.4, 0.5) is 0 Å². The van der Waals surface area contributed by atoms with Crippen LogP contribution in [0.3, 0.4) is 0 Å². The molecule has 1 aliphatic heterocycles. The Hall–Kier alpha value is -2.26. The lowest BCUT2D eigenvalue weighted by molar-refractivity contribution is -0.255. The van der Waals surface area contributed by atoms with Crippen LogP contribution >= 0.6 is 12.6 Å². The van der Waals surface area contributed by atoms with Crippen molar-refractivity contribution < 1.29 is 38.1 Å². The Labute approximate surface area is 168 Å². The minimum Gasteiger partial charge on any atom is -0.497 e. The third-order valence-electron chi connectivity index (χ3n) is 4.24. The predicted octanol–water partition coefficient (Wildman–Crippen LogP) is 1.99. The molecule has 0 aliphatic carbocycles. The van der Waals surface area contributed by atoms with Crippen LogP contribution < -0.4 is 4.74 Å². The van der Waals surface area contributed by atoms with E-state index >= 15 is 0 Å². The summed E-state index contributed by atoms with van der Waals surface area (Å²) < 4.78 is 27.4. The second-order valence-corrected chi connectivity index (χ2v) is 7.09. The van der Waals surface area contributed by atoms with E-state index in [4.69, 9.17) is 23.7 Å². The van der Waals surface area contributed by atoms with E-state index < -0.39 is 47.3 Å². The normalized spacial score (nSPS) is 29.5. The Morgan fingerprint density at radius 3 is 1.89 bits per heavy atom. The summed E-state index contributed by atoms with van der Waals surface area (Å²) in [6, 6.07) is 6.80. The molecule has 2 rings (SSSR count). The summed E-state index contributed by atoms with van der Waals surface area (Å²) in [5.41, 5.74) is 0.549. The average molecular weight is 412 g/mol. The Morgan fingerprint density at radius 1 is 0.929 bits per heavy atom. The van der Waals surface area contributed by atoms with Gasteiger partial charge in [-0.1, -0.05) is 12.1 Å². The van der Waals surface area contributed by atoms with Crippen molar-refractivity contribution in [1.29, 1.82) is 0 Å². The van der Waals surface area contributed by atoms with Crippen LogP contribution in [0, 0.1) is 0 Å². The molecule has 1 aromatic rings. The highest BCUT2D eigenvalue weighted by molar-refractivity contribution is 7.81. The first-order valence-electron chi connectivity index (χ1n) is 8.65. The van der Waals surface area contributed by atoms with E-state index in [2.05, 4.69) is 12.6 Å². The molecule has 0 amide bonds. The fourth-order valence-corrected chi connectivity index (χ4v) is 3.66. The number of carbonyl (C=O) groups excluding carboxylic acids is 3. The van der Waals surface area contributed by atoms with Crippen LogP contribution in [0.1, 0.15) is 33.3 Å². The molecule has 0 bridgehead atoms. The van der Waals surface area contributed by atoms with E-state index in [0.717, 1.165) is 0 Å². The molecule has 154 valence electrons. The molecule has 1 heterocycles. The number of ether oxygens (including phenoxy) is 5. The number of benzene rings is 1. The van der Waals surface area contributed by atoms with Crippen molar-refractivity contribution in [1.82, 2.24) is 0 Å². The van der Waals surface area contributed by atoms with Gasteiger partial charge in [-0.25, -0.2) is 0 Å². The maximum absolute atomic E-state index is 11.8. The van der Waals surface area contributed by atoms with Gasteiger partial charge in [0.2, 0.25) is 0 Å². The molecule has 1 fully saturated rings. The number of methoxy groups -OCH3 is 1. The van der Waals surface area contributed by atoms with Gasteiger partial charge in [-0.3, -0.25) is 14.4 Å². The van der Waals surface area contributed by atoms with Gasteiger partial charge in [0.15, 0.2) is 23.2 Å². The molecule has 1 aliphatic rings. The third kappa shape index (κ3) is 4.77. The molecule has 0 unspecified atom stereocenters. The van der Waals surface area contributed by atoms with Gasteiger partial charge >= 0.3 is 17.9 Å². The number of thiol groups is 1. The molecule has 1 aromatic carbocycles. The van der Waals surface area contributed by atoms with Crippen LogP contribution in [0.15, 0.2) is 24.3 Å². The van der Waals surface area contributed by atoms with Crippen molar-refractivity contribution in [3.8, 4) is 5.75 Å². The van der Waals surface area contributed by atoms with Gasteiger partial charge < -0.3 is 23.7 Å². The van der Waals surface area contributed by atoms with Crippen LogP contribution in [-0.2, 0) is 38.3 Å². The van der Waals surface area contributed by atoms with Crippen molar-refractivity contribution in [2.75, 3.05) is 7.11 Å². The molecular formula is C19H24O8S. The summed E-state index contributed by atoms with van der Waals surface area (Å²) in [4.78, 5) is 33.6. The Balaban J connectivity index is 2.54. The van der Waals surface area contributed by atoms with Crippen LogP contribution in [0.2, 0.25) is 0 Å². The first-order valence-corrected chi connectivity index (χ1v) is 9.09. The summed E-state index contributed by atoms with van der Waals surface area (Å²) in [6.45, 7) is 5.31. The van der Waals surface area contributed by atoms with Crippen LogP contribution in [0.25, 0.3) is 0 Å². The van der Waals surface area contributed by atoms with Crippen molar-refractivity contribution >= 4 is 30.5 Å². The summed E-state index contributed by atoms with van der Waals surface area (Å²) >= 11 is 4.67. The maximum atomic E-state index is 11.8. The number of rotatable bonds is 5. The summed E-state index contributed by atoms with van der Waals surface area (Å²) in [7, 11) is 1.53. The predicted molar refractivity (Wildman–Crippen MR) is 101 cm³/mol. The number of carbonyl (C=O) groups is 3. The zero-order chi connectivity index (χ0) is 21.1. The molecule has 0 aromatic heterocycles. The number of hydrogen-bond donors (Lipinski definition) is 1. The summed E-state index contributed by atoms with van der Waals surface area (Å²) in [5, 5.41) is 0. The van der Waals surface area contributed by atoms with Crippen LogP contribution in [0.5, 0.6) is 5.75 Å². The minimum atomic E-state index is -1.46. The van der Waals surface area contributed by atoms with Gasteiger partial charge in [0.25, 0.3) is 0 Å². The lowest BCUT2D eigenvalue weighted by atomic mass is 9.90. The standard InChI is InChI=1S/C19H24O8S/c1-10-16(24-11(2)20)17(25-12(3)21)18(26-13(4)22)19(28,27-10)14-6-8-15(23-5)9-7-14/h6-10,16-18,28H,1-5H3/t10-,16+,17+,18-,19+/m0/s1. The smallest absolute Gasteiger partial charge is 0.303 e. The molecule has 0 radical (unpaired) electrons. The molecule has 0 N–H and O–H groups in total. The topological polar surface area (TPSA) is 97.4 Å². The monoisotopic (exact) mass is 412 g/mol. The summed E-state index contributed by atoms with van der Waals surface area (Å²) in [5.74, 6) is -1.23. The highest BCUT2D eigenvalue weighted by Gasteiger charge is 2.57. The van der Waals surface area contributed by atoms with Gasteiger partial charge in [0.05, 0.1) is 13.2 Å². The minimum absolute atomic E-state index is 0.549. The van der Waals surface area contributed by atoms with Crippen molar-refractivity contribution in [3.05, 3.63) is 29.8 Å². The van der Waals surface area contributed by atoms with E-state index in [9.17, 15) is 14.4 Å². The maximum Gasteiger partial charge on any atom is 0.303 e. The molecule has 8 nitrogen and oxygen atoms in total. The quantitative estimate of drug-likeness (QED) is 0.446. The zero-order valence-corrected chi connectivity index (χ0v) is 17.2. The van der Waals surface area contributed by atoms with Gasteiger partial charge in [0.1, 0.15) is 5.75 Å². The Morgan fingerprint density at radius 2 is 1.43 bits per heavy atom. The highest BCUT2D eigenvalue weighted by atomic mass is 32.1. The lowest BCUT2D eigenvalue weighted by Crippen LogP contribution is -2.63. The Bertz CT molecular complexity index is 734.